The predicted molar refractivity (Wildman–Crippen MR) is 99.8 cm³/mol. The van der Waals surface area contributed by atoms with E-state index in [1.807, 2.05) is 32.0 Å². The molecule has 2 heterocycles. The molecule has 0 bridgehead atoms. The molecule has 1 fully saturated rings. The van der Waals surface area contributed by atoms with Crippen molar-refractivity contribution in [1.29, 1.82) is 0 Å². The molecule has 1 amide bonds. The Kier molecular flexibility index (Phi) is 3.92. The van der Waals surface area contributed by atoms with Crippen molar-refractivity contribution in [2.75, 3.05) is 5.32 Å². The minimum atomic E-state index is -0.133. The topological polar surface area (TPSA) is 59.8 Å². The first-order chi connectivity index (χ1) is 12.0. The average molecular weight is 352 g/mol. The van der Waals surface area contributed by atoms with Crippen LogP contribution in [0.25, 0.3) is 5.69 Å². The van der Waals surface area contributed by atoms with Gasteiger partial charge in [0.25, 0.3) is 5.91 Å². The summed E-state index contributed by atoms with van der Waals surface area (Å²) in [7, 11) is 0. The van der Waals surface area contributed by atoms with Crippen LogP contribution in [0.1, 0.15) is 51.1 Å². The van der Waals surface area contributed by atoms with Gasteiger partial charge in [-0.15, -0.1) is 10.2 Å². The summed E-state index contributed by atoms with van der Waals surface area (Å²) in [6, 6.07) is 10.1. The van der Waals surface area contributed by atoms with Crippen molar-refractivity contribution in [2.24, 2.45) is 0 Å². The maximum absolute atomic E-state index is 12.7. The fraction of sp³-hybridized carbons (Fsp3) is 0.316. The summed E-state index contributed by atoms with van der Waals surface area (Å²) in [5.41, 5.74) is 4.91. The van der Waals surface area contributed by atoms with E-state index in [1.165, 1.54) is 29.7 Å². The van der Waals surface area contributed by atoms with Gasteiger partial charge in [0.05, 0.1) is 5.56 Å². The Labute approximate surface area is 150 Å². The molecule has 0 spiro atoms. The van der Waals surface area contributed by atoms with Gasteiger partial charge in [-0.05, 0) is 51.3 Å². The van der Waals surface area contributed by atoms with Gasteiger partial charge in [0, 0.05) is 23.0 Å². The summed E-state index contributed by atoms with van der Waals surface area (Å²) in [5, 5.41) is 12.8. The molecule has 1 aliphatic rings. The van der Waals surface area contributed by atoms with Crippen molar-refractivity contribution in [3.8, 4) is 5.69 Å². The normalized spacial score (nSPS) is 13.9. The van der Waals surface area contributed by atoms with E-state index < -0.39 is 0 Å². The number of aryl methyl sites for hydroxylation is 2. The molecule has 3 aromatic rings. The summed E-state index contributed by atoms with van der Waals surface area (Å²) >= 11 is 1.48. The third-order valence-corrected chi connectivity index (χ3v) is 5.62. The fourth-order valence-electron chi connectivity index (χ4n) is 3.12. The molecule has 0 atom stereocenters. The van der Waals surface area contributed by atoms with Crippen molar-refractivity contribution in [2.45, 2.75) is 39.5 Å². The van der Waals surface area contributed by atoms with E-state index in [4.69, 9.17) is 0 Å². The number of anilines is 1. The largest absolute Gasteiger partial charge is 0.317 e. The zero-order valence-corrected chi connectivity index (χ0v) is 15.4. The van der Waals surface area contributed by atoms with E-state index in [1.54, 1.807) is 0 Å². The van der Waals surface area contributed by atoms with Gasteiger partial charge in [0.1, 0.15) is 5.01 Å². The maximum Gasteiger partial charge on any atom is 0.259 e. The van der Waals surface area contributed by atoms with Gasteiger partial charge >= 0.3 is 0 Å². The highest BCUT2D eigenvalue weighted by Crippen LogP contribution is 2.42. The minimum Gasteiger partial charge on any atom is -0.317 e. The van der Waals surface area contributed by atoms with Crippen LogP contribution >= 0.6 is 11.3 Å². The smallest absolute Gasteiger partial charge is 0.259 e. The fourth-order valence-corrected chi connectivity index (χ4v) is 4.03. The lowest BCUT2D eigenvalue weighted by Crippen LogP contribution is -2.13. The third kappa shape index (κ3) is 2.98. The van der Waals surface area contributed by atoms with E-state index >= 15 is 0 Å². The van der Waals surface area contributed by atoms with Crippen LogP contribution in [0, 0.1) is 20.8 Å². The number of nitrogens with one attached hydrogen (secondary N) is 1. The molecule has 0 unspecified atom stereocenters. The Hall–Kier alpha value is -2.47. The molecule has 128 valence electrons. The third-order valence-electron chi connectivity index (χ3n) is 4.62. The Bertz CT molecular complexity index is 952. The second-order valence-electron chi connectivity index (χ2n) is 6.58. The lowest BCUT2D eigenvalue weighted by atomic mass is 10.2. The van der Waals surface area contributed by atoms with Crippen molar-refractivity contribution in [3.63, 3.8) is 0 Å². The summed E-state index contributed by atoms with van der Waals surface area (Å²) in [6.07, 6.45) is 2.36. The standard InChI is InChI=1S/C19H20N4OS/c1-11-6-4-5-7-16(11)23-12(2)10-15(13(23)3)17(24)20-19-22-21-18(25-19)14-8-9-14/h4-7,10,14H,8-9H2,1-3H3,(H,20,22,24). The molecule has 1 aromatic carbocycles. The van der Waals surface area contributed by atoms with Gasteiger partial charge in [0.15, 0.2) is 0 Å². The summed E-state index contributed by atoms with van der Waals surface area (Å²) in [4.78, 5) is 12.7. The predicted octanol–water partition coefficient (Wildman–Crippen LogP) is 4.38. The number of nitrogens with zero attached hydrogens (tertiary/aromatic N) is 3. The Morgan fingerprint density at radius 2 is 1.96 bits per heavy atom. The number of para-hydroxylation sites is 1. The first-order valence-electron chi connectivity index (χ1n) is 8.44. The molecule has 1 N–H and O–H groups in total. The number of amides is 1. The van der Waals surface area contributed by atoms with Crippen LogP contribution in [0.2, 0.25) is 0 Å². The van der Waals surface area contributed by atoms with Gasteiger partial charge in [-0.25, -0.2) is 0 Å². The molecule has 1 aliphatic carbocycles. The van der Waals surface area contributed by atoms with Crippen LogP contribution < -0.4 is 5.32 Å². The van der Waals surface area contributed by atoms with Crippen LogP contribution in [0.5, 0.6) is 0 Å². The van der Waals surface area contributed by atoms with Crippen LogP contribution in [-0.2, 0) is 0 Å². The molecule has 4 rings (SSSR count). The van der Waals surface area contributed by atoms with Crippen molar-refractivity contribution < 1.29 is 4.79 Å². The first-order valence-corrected chi connectivity index (χ1v) is 9.26. The SMILES string of the molecule is Cc1ccccc1-n1c(C)cc(C(=O)Nc2nnc(C3CC3)s2)c1C. The monoisotopic (exact) mass is 352 g/mol. The van der Waals surface area contributed by atoms with Gasteiger partial charge in [0.2, 0.25) is 5.13 Å². The molecule has 0 saturated heterocycles. The zero-order chi connectivity index (χ0) is 17.6. The molecule has 1 saturated carbocycles. The highest BCUT2D eigenvalue weighted by atomic mass is 32.1. The zero-order valence-electron chi connectivity index (χ0n) is 14.5. The lowest BCUT2D eigenvalue weighted by Gasteiger charge is -2.12. The quantitative estimate of drug-likeness (QED) is 0.758. The summed E-state index contributed by atoms with van der Waals surface area (Å²) < 4.78 is 2.12. The van der Waals surface area contributed by atoms with E-state index in [0.717, 1.165) is 22.1 Å². The van der Waals surface area contributed by atoms with Crippen molar-refractivity contribution in [1.82, 2.24) is 14.8 Å². The molecular formula is C19H20N4OS. The summed E-state index contributed by atoms with van der Waals surface area (Å²) in [6.45, 7) is 6.07. The molecule has 6 heteroatoms. The number of carbonyl (C=O) groups is 1. The lowest BCUT2D eigenvalue weighted by molar-refractivity contribution is 0.102. The number of carbonyl (C=O) groups excluding carboxylic acids is 1. The summed E-state index contributed by atoms with van der Waals surface area (Å²) in [5.74, 6) is 0.417. The molecule has 5 nitrogen and oxygen atoms in total. The van der Waals surface area contributed by atoms with E-state index in [0.29, 0.717) is 16.6 Å². The van der Waals surface area contributed by atoms with Crippen LogP contribution in [0.3, 0.4) is 0 Å². The second kappa shape index (κ2) is 6.11. The molecule has 0 radical (unpaired) electrons. The highest BCUT2D eigenvalue weighted by molar-refractivity contribution is 7.15. The minimum absolute atomic E-state index is 0.133. The van der Waals surface area contributed by atoms with Gasteiger partial charge < -0.3 is 4.57 Å². The molecular weight excluding hydrogens is 332 g/mol. The second-order valence-corrected chi connectivity index (χ2v) is 7.59. The van der Waals surface area contributed by atoms with Gasteiger partial charge in [-0.3, -0.25) is 10.1 Å². The maximum atomic E-state index is 12.7. The number of aromatic nitrogens is 3. The number of hydrogen-bond acceptors (Lipinski definition) is 4. The van der Waals surface area contributed by atoms with E-state index in [-0.39, 0.29) is 5.91 Å². The van der Waals surface area contributed by atoms with Gasteiger partial charge in [-0.1, -0.05) is 29.5 Å². The Balaban J connectivity index is 1.63. The Morgan fingerprint density at radius 1 is 1.20 bits per heavy atom. The van der Waals surface area contributed by atoms with Crippen LogP contribution in [0.15, 0.2) is 30.3 Å². The van der Waals surface area contributed by atoms with E-state index in [9.17, 15) is 4.79 Å². The molecule has 0 aliphatic heterocycles. The van der Waals surface area contributed by atoms with Crippen LogP contribution in [-0.4, -0.2) is 20.7 Å². The number of rotatable bonds is 4. The molecule has 25 heavy (non-hydrogen) atoms. The van der Waals surface area contributed by atoms with Crippen molar-refractivity contribution >= 4 is 22.4 Å². The Morgan fingerprint density at radius 3 is 2.68 bits per heavy atom. The van der Waals surface area contributed by atoms with Crippen LogP contribution in [0.4, 0.5) is 5.13 Å². The number of benzene rings is 1. The van der Waals surface area contributed by atoms with E-state index in [2.05, 4.69) is 39.1 Å². The van der Waals surface area contributed by atoms with Crippen molar-refractivity contribution in [3.05, 3.63) is 57.9 Å². The molecule has 2 aromatic heterocycles. The number of hydrogen-bond donors (Lipinski definition) is 1. The first kappa shape index (κ1) is 16.0. The highest BCUT2D eigenvalue weighted by Gasteiger charge is 2.28. The van der Waals surface area contributed by atoms with Gasteiger partial charge in [-0.2, -0.15) is 0 Å². The average Bonchev–Trinajstić information content (AvgIpc) is 3.26.